The zero-order valence-electron chi connectivity index (χ0n) is 14.0. The highest BCUT2D eigenvalue weighted by atomic mass is 35.5. The van der Waals surface area contributed by atoms with Crippen LogP contribution in [0.5, 0.6) is 0 Å². The van der Waals surface area contributed by atoms with Gasteiger partial charge in [0.05, 0.1) is 12.7 Å². The van der Waals surface area contributed by atoms with Gasteiger partial charge in [-0.3, -0.25) is 9.48 Å². The van der Waals surface area contributed by atoms with Crippen molar-refractivity contribution in [2.24, 2.45) is 7.05 Å². The lowest BCUT2D eigenvalue weighted by Gasteiger charge is -2.14. The van der Waals surface area contributed by atoms with Crippen LogP contribution < -0.4 is 10.6 Å². The molecule has 1 amide bonds. The molecule has 0 spiro atoms. The summed E-state index contributed by atoms with van der Waals surface area (Å²) in [4.78, 5) is 12.3. The minimum absolute atomic E-state index is 0. The molecule has 1 atom stereocenters. The first-order chi connectivity index (χ1) is 10.3. The fraction of sp³-hybridized carbons (Fsp3) is 0.571. The van der Waals surface area contributed by atoms with Gasteiger partial charge in [0.2, 0.25) is 5.91 Å². The van der Waals surface area contributed by atoms with Crippen molar-refractivity contribution in [1.82, 2.24) is 30.6 Å². The maximum atomic E-state index is 12.3. The molecular formula is C14H23ClN6OS. The van der Waals surface area contributed by atoms with Crippen LogP contribution in [-0.2, 0) is 23.8 Å². The maximum Gasteiger partial charge on any atom is 0.242 e. The number of hydrogen-bond donors (Lipinski definition) is 2. The van der Waals surface area contributed by atoms with Gasteiger partial charge in [-0.2, -0.15) is 5.10 Å². The van der Waals surface area contributed by atoms with Crippen LogP contribution in [0.15, 0.2) is 12.4 Å². The standard InChI is InChI=1S/C14H22N6OS.ClH/c1-14(2,3)13-19-18-10(22-13)7-16-12(21)11(15-4)9-6-17-20(5)8-9;/h6,8,11,15H,7H2,1-5H3,(H,16,21);1H. The van der Waals surface area contributed by atoms with Crippen molar-refractivity contribution in [2.75, 3.05) is 7.05 Å². The van der Waals surface area contributed by atoms with Gasteiger partial charge in [0.1, 0.15) is 16.1 Å². The number of nitrogens with zero attached hydrogens (tertiary/aromatic N) is 4. The summed E-state index contributed by atoms with van der Waals surface area (Å²) in [5, 5.41) is 20.1. The first-order valence-electron chi connectivity index (χ1n) is 7.07. The van der Waals surface area contributed by atoms with E-state index in [9.17, 15) is 4.79 Å². The van der Waals surface area contributed by atoms with Gasteiger partial charge < -0.3 is 10.6 Å². The van der Waals surface area contributed by atoms with Crippen molar-refractivity contribution >= 4 is 29.7 Å². The molecule has 128 valence electrons. The molecule has 2 aromatic heterocycles. The molecule has 23 heavy (non-hydrogen) atoms. The van der Waals surface area contributed by atoms with Gasteiger partial charge in [-0.15, -0.1) is 22.6 Å². The van der Waals surface area contributed by atoms with Crippen LogP contribution >= 0.6 is 23.7 Å². The van der Waals surface area contributed by atoms with E-state index < -0.39 is 6.04 Å². The molecule has 0 saturated carbocycles. The average molecular weight is 359 g/mol. The second kappa shape index (κ2) is 7.85. The molecule has 2 N–H and O–H groups in total. The monoisotopic (exact) mass is 358 g/mol. The van der Waals surface area contributed by atoms with Gasteiger partial charge in [-0.05, 0) is 7.05 Å². The number of carbonyl (C=O) groups is 1. The predicted molar refractivity (Wildman–Crippen MR) is 92.7 cm³/mol. The quantitative estimate of drug-likeness (QED) is 0.847. The normalized spacial score (nSPS) is 12.6. The van der Waals surface area contributed by atoms with E-state index in [0.29, 0.717) is 6.54 Å². The Labute approximate surface area is 146 Å². The van der Waals surface area contributed by atoms with Crippen molar-refractivity contribution in [1.29, 1.82) is 0 Å². The molecule has 0 aliphatic heterocycles. The second-order valence-electron chi connectivity index (χ2n) is 6.14. The summed E-state index contributed by atoms with van der Waals surface area (Å²) in [6.07, 6.45) is 3.51. The molecule has 1 unspecified atom stereocenters. The molecule has 2 aromatic rings. The minimum Gasteiger partial charge on any atom is -0.348 e. The Morgan fingerprint density at radius 2 is 2.09 bits per heavy atom. The van der Waals surface area contributed by atoms with Crippen LogP contribution in [0.2, 0.25) is 0 Å². The lowest BCUT2D eigenvalue weighted by atomic mass is 9.98. The maximum absolute atomic E-state index is 12.3. The van der Waals surface area contributed by atoms with Crippen LogP contribution in [0, 0.1) is 0 Å². The van der Waals surface area contributed by atoms with Crippen molar-refractivity contribution in [2.45, 2.75) is 38.8 Å². The zero-order chi connectivity index (χ0) is 16.3. The number of likely N-dealkylation sites (N-methyl/N-ethyl adjacent to an activating group) is 1. The summed E-state index contributed by atoms with van der Waals surface area (Å²) in [6.45, 7) is 6.66. The van der Waals surface area contributed by atoms with Gasteiger partial charge in [-0.25, -0.2) is 0 Å². The number of nitrogens with one attached hydrogen (secondary N) is 2. The van der Waals surface area contributed by atoms with E-state index in [0.717, 1.165) is 15.6 Å². The molecule has 0 fully saturated rings. The number of halogens is 1. The van der Waals surface area contributed by atoms with Crippen LogP contribution in [0.3, 0.4) is 0 Å². The van der Waals surface area contributed by atoms with Crippen LogP contribution in [-0.4, -0.2) is 32.9 Å². The van der Waals surface area contributed by atoms with E-state index in [1.807, 2.05) is 13.2 Å². The van der Waals surface area contributed by atoms with Crippen LogP contribution in [0.1, 0.15) is 42.4 Å². The largest absolute Gasteiger partial charge is 0.348 e. The Bertz CT molecular complexity index is 648. The van der Waals surface area contributed by atoms with E-state index >= 15 is 0 Å². The molecule has 0 aliphatic carbocycles. The summed E-state index contributed by atoms with van der Waals surface area (Å²) < 4.78 is 1.67. The summed E-state index contributed by atoms with van der Waals surface area (Å²) in [5.74, 6) is -0.108. The molecule has 9 heteroatoms. The summed E-state index contributed by atoms with van der Waals surface area (Å²) in [5.41, 5.74) is 0.804. The Hall–Kier alpha value is -1.51. The Kier molecular flexibility index (Phi) is 6.67. The SMILES string of the molecule is CNC(C(=O)NCc1nnc(C(C)(C)C)s1)c1cnn(C)c1.Cl. The first kappa shape index (κ1) is 19.5. The van der Waals surface area contributed by atoms with E-state index in [1.54, 1.807) is 17.9 Å². The minimum atomic E-state index is -0.427. The lowest BCUT2D eigenvalue weighted by molar-refractivity contribution is -0.123. The van der Waals surface area contributed by atoms with E-state index in [2.05, 4.69) is 46.7 Å². The lowest BCUT2D eigenvalue weighted by Crippen LogP contribution is -2.35. The van der Waals surface area contributed by atoms with Crippen molar-refractivity contribution in [3.63, 3.8) is 0 Å². The molecule has 7 nitrogen and oxygen atoms in total. The number of aromatic nitrogens is 4. The molecule has 0 saturated heterocycles. The molecule has 0 radical (unpaired) electrons. The molecular weight excluding hydrogens is 336 g/mol. The molecule has 0 bridgehead atoms. The summed E-state index contributed by atoms with van der Waals surface area (Å²) >= 11 is 1.53. The highest BCUT2D eigenvalue weighted by molar-refractivity contribution is 7.11. The summed E-state index contributed by atoms with van der Waals surface area (Å²) in [6, 6.07) is -0.427. The fourth-order valence-corrected chi connectivity index (χ4v) is 2.77. The zero-order valence-corrected chi connectivity index (χ0v) is 15.6. The highest BCUT2D eigenvalue weighted by Gasteiger charge is 2.22. The molecule has 0 aromatic carbocycles. The number of carbonyl (C=O) groups excluding carboxylic acids is 1. The van der Waals surface area contributed by atoms with Gasteiger partial charge in [0, 0.05) is 24.2 Å². The van der Waals surface area contributed by atoms with Crippen molar-refractivity contribution in [3.05, 3.63) is 28.0 Å². The first-order valence-corrected chi connectivity index (χ1v) is 7.89. The number of amides is 1. The van der Waals surface area contributed by atoms with Gasteiger partial charge >= 0.3 is 0 Å². The number of aryl methyl sites for hydroxylation is 1. The van der Waals surface area contributed by atoms with E-state index in [1.165, 1.54) is 11.3 Å². The fourth-order valence-electron chi connectivity index (χ4n) is 1.93. The predicted octanol–water partition coefficient (Wildman–Crippen LogP) is 1.57. The average Bonchev–Trinajstić information content (AvgIpc) is 3.06. The number of rotatable bonds is 5. The third-order valence-electron chi connectivity index (χ3n) is 3.13. The highest BCUT2D eigenvalue weighted by Crippen LogP contribution is 2.25. The molecule has 0 aliphatic rings. The topological polar surface area (TPSA) is 84.7 Å². The second-order valence-corrected chi connectivity index (χ2v) is 7.20. The van der Waals surface area contributed by atoms with Crippen LogP contribution in [0.4, 0.5) is 0 Å². The Morgan fingerprint density at radius 3 is 2.57 bits per heavy atom. The third-order valence-corrected chi connectivity index (χ3v) is 4.48. The van der Waals surface area contributed by atoms with Gasteiger partial charge in [-0.1, -0.05) is 32.1 Å². The third kappa shape index (κ3) is 4.98. The van der Waals surface area contributed by atoms with Crippen molar-refractivity contribution < 1.29 is 4.79 Å². The van der Waals surface area contributed by atoms with Gasteiger partial charge in [0.25, 0.3) is 0 Å². The van der Waals surface area contributed by atoms with Crippen molar-refractivity contribution in [3.8, 4) is 0 Å². The Balaban J connectivity index is 0.00000264. The molecule has 2 heterocycles. The van der Waals surface area contributed by atoms with Gasteiger partial charge in [0.15, 0.2) is 0 Å². The van der Waals surface area contributed by atoms with E-state index in [4.69, 9.17) is 0 Å². The summed E-state index contributed by atoms with van der Waals surface area (Å²) in [7, 11) is 3.57. The molecule has 2 rings (SSSR count). The van der Waals surface area contributed by atoms with Crippen LogP contribution in [0.25, 0.3) is 0 Å². The smallest absolute Gasteiger partial charge is 0.242 e. The van der Waals surface area contributed by atoms with E-state index in [-0.39, 0.29) is 23.7 Å². The Morgan fingerprint density at radius 1 is 1.39 bits per heavy atom. The number of hydrogen-bond acceptors (Lipinski definition) is 6.